The van der Waals surface area contributed by atoms with E-state index >= 15 is 0 Å². The molecule has 1 aliphatic heterocycles. The number of H-pyrrole nitrogens is 1. The second kappa shape index (κ2) is 10.7. The Morgan fingerprint density at radius 2 is 1.76 bits per heavy atom. The van der Waals surface area contributed by atoms with Gasteiger partial charge in [-0.2, -0.15) is 0 Å². The van der Waals surface area contributed by atoms with Crippen molar-refractivity contribution in [2.45, 2.75) is 58.4 Å². The summed E-state index contributed by atoms with van der Waals surface area (Å²) in [6.45, 7) is 5.77. The lowest BCUT2D eigenvalue weighted by Gasteiger charge is -2.22. The van der Waals surface area contributed by atoms with Crippen LogP contribution in [0.3, 0.4) is 0 Å². The minimum Gasteiger partial charge on any atom is -0.361 e. The van der Waals surface area contributed by atoms with Crippen molar-refractivity contribution in [1.82, 2.24) is 19.8 Å². The Morgan fingerprint density at radius 1 is 1.06 bits per heavy atom. The van der Waals surface area contributed by atoms with Gasteiger partial charge in [0.25, 0.3) is 11.8 Å². The molecule has 0 saturated carbocycles. The van der Waals surface area contributed by atoms with Crippen LogP contribution >= 0.6 is 0 Å². The van der Waals surface area contributed by atoms with Crippen LogP contribution < -0.4 is 10.7 Å². The predicted molar refractivity (Wildman–Crippen MR) is 134 cm³/mol. The molecule has 1 fully saturated rings. The fraction of sp³-hybridized carbons (Fsp3) is 0.444. The van der Waals surface area contributed by atoms with Crippen LogP contribution in [0.15, 0.2) is 47.7 Å². The normalized spacial score (nSPS) is 15.2. The van der Waals surface area contributed by atoms with Crippen molar-refractivity contribution in [2.75, 3.05) is 19.6 Å². The van der Waals surface area contributed by atoms with Crippen LogP contribution in [0.4, 0.5) is 0 Å². The number of nitrogens with zero attached hydrogens (tertiary/aromatic N) is 2. The first-order valence-electron chi connectivity index (χ1n) is 12.4. The summed E-state index contributed by atoms with van der Waals surface area (Å²) in [4.78, 5) is 44.6. The number of aromatic amines is 1. The quantitative estimate of drug-likeness (QED) is 0.549. The number of para-hydroxylation sites is 1. The largest absolute Gasteiger partial charge is 0.361 e. The topological polar surface area (TPSA) is 87.2 Å². The number of carbonyl (C=O) groups is 2. The minimum atomic E-state index is -0.488. The van der Waals surface area contributed by atoms with Crippen LogP contribution in [0.5, 0.6) is 0 Å². The van der Waals surface area contributed by atoms with Crippen LogP contribution in [-0.4, -0.2) is 45.9 Å². The van der Waals surface area contributed by atoms with Crippen molar-refractivity contribution in [2.24, 2.45) is 0 Å². The molecule has 4 rings (SSSR count). The molecule has 180 valence electrons. The van der Waals surface area contributed by atoms with Gasteiger partial charge >= 0.3 is 0 Å². The maximum absolute atomic E-state index is 13.3. The fourth-order valence-electron chi connectivity index (χ4n) is 4.57. The predicted octanol–water partition coefficient (Wildman–Crippen LogP) is 4.29. The van der Waals surface area contributed by atoms with Gasteiger partial charge < -0.3 is 19.8 Å². The van der Waals surface area contributed by atoms with Gasteiger partial charge in [-0.25, -0.2) is 0 Å². The Hall–Kier alpha value is -3.35. The first-order chi connectivity index (χ1) is 16.5. The zero-order valence-electron chi connectivity index (χ0n) is 20.1. The molecule has 1 atom stereocenters. The Balaban J connectivity index is 1.55. The van der Waals surface area contributed by atoms with E-state index in [-0.39, 0.29) is 23.1 Å². The molecule has 1 saturated heterocycles. The summed E-state index contributed by atoms with van der Waals surface area (Å²) in [5, 5.41) is 4.02. The van der Waals surface area contributed by atoms with Gasteiger partial charge in [0.1, 0.15) is 11.1 Å². The Kier molecular flexibility index (Phi) is 7.50. The first kappa shape index (κ1) is 23.8. The van der Waals surface area contributed by atoms with E-state index in [9.17, 15) is 14.4 Å². The van der Waals surface area contributed by atoms with E-state index in [4.69, 9.17) is 0 Å². The number of hydrogen-bond donors (Lipinski definition) is 2. The third-order valence-corrected chi connectivity index (χ3v) is 6.87. The third kappa shape index (κ3) is 5.08. The monoisotopic (exact) mass is 462 g/mol. The highest BCUT2D eigenvalue weighted by molar-refractivity contribution is 5.99. The molecule has 1 aliphatic rings. The summed E-state index contributed by atoms with van der Waals surface area (Å²) in [6.07, 6.45) is 10.7. The molecule has 0 spiro atoms. The van der Waals surface area contributed by atoms with E-state index in [0.29, 0.717) is 26.1 Å². The molecule has 0 radical (unpaired) electrons. The molecule has 1 unspecified atom stereocenters. The molecule has 0 aliphatic carbocycles. The fourth-order valence-corrected chi connectivity index (χ4v) is 4.57. The molecule has 7 heteroatoms. The SMILES string of the molecule is CCC(C)n1cc(C(=O)NCCc2c[nH]c3ccccc23)c(=O)c(C(=O)N2CCCCCC2)c1. The van der Waals surface area contributed by atoms with E-state index in [1.807, 2.05) is 48.9 Å². The van der Waals surface area contributed by atoms with Crippen molar-refractivity contribution in [3.63, 3.8) is 0 Å². The van der Waals surface area contributed by atoms with Gasteiger partial charge in [0.2, 0.25) is 5.43 Å². The molecule has 34 heavy (non-hydrogen) atoms. The minimum absolute atomic E-state index is 0.0277. The summed E-state index contributed by atoms with van der Waals surface area (Å²) in [6, 6.07) is 8.09. The number of aromatic nitrogens is 2. The van der Waals surface area contributed by atoms with E-state index in [1.165, 1.54) is 0 Å². The van der Waals surface area contributed by atoms with Gasteiger partial charge in [0.15, 0.2) is 0 Å². The van der Waals surface area contributed by atoms with Crippen molar-refractivity contribution in [3.05, 3.63) is 69.8 Å². The molecule has 2 N–H and O–H groups in total. The molecule has 2 aromatic heterocycles. The molecule has 7 nitrogen and oxygen atoms in total. The van der Waals surface area contributed by atoms with Crippen molar-refractivity contribution >= 4 is 22.7 Å². The number of nitrogens with one attached hydrogen (secondary N) is 2. The van der Waals surface area contributed by atoms with Gasteiger partial charge in [-0.3, -0.25) is 14.4 Å². The number of carbonyl (C=O) groups excluding carboxylic acids is 2. The second-order valence-electron chi connectivity index (χ2n) is 9.19. The number of fused-ring (bicyclic) bond motifs is 1. The van der Waals surface area contributed by atoms with Gasteiger partial charge in [0.05, 0.1) is 0 Å². The maximum Gasteiger partial charge on any atom is 0.259 e. The van der Waals surface area contributed by atoms with Crippen molar-refractivity contribution in [3.8, 4) is 0 Å². The highest BCUT2D eigenvalue weighted by Gasteiger charge is 2.24. The smallest absolute Gasteiger partial charge is 0.259 e. The average molecular weight is 463 g/mol. The van der Waals surface area contributed by atoms with E-state index in [2.05, 4.69) is 10.3 Å². The van der Waals surface area contributed by atoms with Crippen LogP contribution in [0.25, 0.3) is 10.9 Å². The molecular formula is C27H34N4O3. The lowest BCUT2D eigenvalue weighted by Crippen LogP contribution is -2.38. The van der Waals surface area contributed by atoms with Crippen molar-refractivity contribution < 1.29 is 9.59 Å². The lowest BCUT2D eigenvalue weighted by molar-refractivity contribution is 0.0759. The highest BCUT2D eigenvalue weighted by atomic mass is 16.2. The van der Waals surface area contributed by atoms with Crippen LogP contribution in [0, 0.1) is 0 Å². The molecule has 3 aromatic rings. The summed E-state index contributed by atoms with van der Waals surface area (Å²) in [5.41, 5.74) is 1.79. The van der Waals surface area contributed by atoms with Crippen LogP contribution in [-0.2, 0) is 6.42 Å². The summed E-state index contributed by atoms with van der Waals surface area (Å²) in [5.74, 6) is -0.704. The molecular weight excluding hydrogens is 428 g/mol. The number of pyridine rings is 1. The first-order valence-corrected chi connectivity index (χ1v) is 12.4. The van der Waals surface area contributed by atoms with Gasteiger partial charge in [-0.15, -0.1) is 0 Å². The van der Waals surface area contributed by atoms with E-state index in [1.54, 1.807) is 17.3 Å². The Labute approximate surface area is 200 Å². The van der Waals surface area contributed by atoms with Crippen molar-refractivity contribution in [1.29, 1.82) is 0 Å². The van der Waals surface area contributed by atoms with Crippen LogP contribution in [0.2, 0.25) is 0 Å². The summed E-state index contributed by atoms with van der Waals surface area (Å²) >= 11 is 0. The second-order valence-corrected chi connectivity index (χ2v) is 9.19. The van der Waals surface area contributed by atoms with Gasteiger partial charge in [-0.05, 0) is 44.2 Å². The van der Waals surface area contributed by atoms with E-state index < -0.39 is 11.3 Å². The lowest BCUT2D eigenvalue weighted by atomic mass is 10.1. The number of likely N-dealkylation sites (tertiary alicyclic amines) is 1. The zero-order chi connectivity index (χ0) is 24.1. The molecule has 0 bridgehead atoms. The number of amides is 2. The van der Waals surface area contributed by atoms with E-state index in [0.717, 1.165) is 48.6 Å². The number of benzene rings is 1. The maximum atomic E-state index is 13.3. The molecule has 3 heterocycles. The van der Waals surface area contributed by atoms with Gasteiger partial charge in [0, 0.05) is 55.2 Å². The summed E-state index contributed by atoms with van der Waals surface area (Å²) < 4.78 is 1.83. The Bertz CT molecular complexity index is 1220. The zero-order valence-corrected chi connectivity index (χ0v) is 20.1. The number of hydrogen-bond acceptors (Lipinski definition) is 3. The number of rotatable bonds is 7. The average Bonchev–Trinajstić information content (AvgIpc) is 3.07. The van der Waals surface area contributed by atoms with Crippen LogP contribution in [0.1, 0.15) is 78.3 Å². The Morgan fingerprint density at radius 3 is 2.50 bits per heavy atom. The molecule has 2 amide bonds. The highest BCUT2D eigenvalue weighted by Crippen LogP contribution is 2.18. The molecule has 1 aromatic carbocycles. The standard InChI is InChI=1S/C27H34N4O3/c1-3-19(2)31-17-22(25(32)23(18-31)27(34)30-14-8-4-5-9-15-30)26(33)28-13-12-20-16-29-24-11-7-6-10-21(20)24/h6-7,10-11,16-19,29H,3-5,8-9,12-15H2,1-2H3,(H,28,33). The van der Waals surface area contributed by atoms with Gasteiger partial charge in [-0.1, -0.05) is 38.0 Å². The summed E-state index contributed by atoms with van der Waals surface area (Å²) in [7, 11) is 0. The third-order valence-electron chi connectivity index (χ3n) is 6.87.